The highest BCUT2D eigenvalue weighted by molar-refractivity contribution is 7.12. The highest BCUT2D eigenvalue weighted by atomic mass is 32.1. The van der Waals surface area contributed by atoms with E-state index < -0.39 is 0 Å². The zero-order valence-corrected chi connectivity index (χ0v) is 23.5. The van der Waals surface area contributed by atoms with Crippen molar-refractivity contribution in [2.24, 2.45) is 5.92 Å². The number of rotatable bonds is 10. The summed E-state index contributed by atoms with van der Waals surface area (Å²) in [6.07, 6.45) is 13.6. The predicted octanol–water partition coefficient (Wildman–Crippen LogP) is 6.14. The molecule has 3 aliphatic heterocycles. The van der Waals surface area contributed by atoms with Crippen LogP contribution in [0, 0.1) is 12.8 Å². The lowest BCUT2D eigenvalue weighted by molar-refractivity contribution is 0.0992. The molecule has 6 rings (SSSR count). The Hall–Kier alpha value is -1.28. The van der Waals surface area contributed by atoms with Gasteiger partial charge in [0.15, 0.2) is 0 Å². The van der Waals surface area contributed by atoms with E-state index in [-0.39, 0.29) is 6.23 Å². The van der Waals surface area contributed by atoms with Crippen molar-refractivity contribution in [3.05, 3.63) is 33.5 Å². The molecule has 2 bridgehead atoms. The molecule has 2 aromatic heterocycles. The van der Waals surface area contributed by atoms with Crippen LogP contribution in [0.5, 0.6) is 0 Å². The van der Waals surface area contributed by atoms with Gasteiger partial charge in [0.05, 0.1) is 0 Å². The van der Waals surface area contributed by atoms with E-state index in [4.69, 9.17) is 4.74 Å². The quantitative estimate of drug-likeness (QED) is 0.388. The molecule has 36 heavy (non-hydrogen) atoms. The highest BCUT2D eigenvalue weighted by Crippen LogP contribution is 2.43. The van der Waals surface area contributed by atoms with Gasteiger partial charge in [-0.3, -0.25) is 10.2 Å². The number of nitrogens with one attached hydrogen (secondary N) is 1. The van der Waals surface area contributed by atoms with E-state index in [1.54, 1.807) is 0 Å². The minimum atomic E-state index is 0.263. The first-order chi connectivity index (χ1) is 17.5. The number of hydrogen-bond acceptors (Lipinski definition) is 6. The van der Waals surface area contributed by atoms with Crippen LogP contribution in [-0.4, -0.2) is 50.6 Å². The van der Waals surface area contributed by atoms with Gasteiger partial charge in [0, 0.05) is 46.4 Å². The Bertz CT molecular complexity index is 1010. The maximum absolute atomic E-state index is 6.19. The standard InChI is InChI=1S/C29H45N5OS/c1-5-24-12-13-26(36-24)25(30-29-27(35-29)20-8-6-7-9-20)14-15-33-21-10-11-22(33)17-23(16-21)34-19(4)31-32-28(34)18(2)3/h12-13,18,20-23,25,27,29-30H,5-11,14-17H2,1-4H3/t21?,22?,23?,25-,27?,29?/m0/s1. The maximum Gasteiger partial charge on any atom is 0.136 e. The summed E-state index contributed by atoms with van der Waals surface area (Å²) in [5, 5.41) is 12.9. The number of aromatic nitrogens is 3. The van der Waals surface area contributed by atoms with Crippen molar-refractivity contribution in [3.63, 3.8) is 0 Å². The second-order valence-electron chi connectivity index (χ2n) is 12.1. The van der Waals surface area contributed by atoms with Crippen LogP contribution in [0.1, 0.15) is 118 Å². The average Bonchev–Trinajstić information content (AvgIpc) is 3.32. The molecule has 0 amide bonds. The monoisotopic (exact) mass is 511 g/mol. The Morgan fingerprint density at radius 1 is 1.06 bits per heavy atom. The maximum atomic E-state index is 6.19. The van der Waals surface area contributed by atoms with Crippen LogP contribution in [0.4, 0.5) is 0 Å². The third-order valence-electron chi connectivity index (χ3n) is 9.44. The van der Waals surface area contributed by atoms with Crippen molar-refractivity contribution >= 4 is 11.3 Å². The summed E-state index contributed by atoms with van der Waals surface area (Å²) in [5.41, 5.74) is 0. The molecule has 4 aliphatic rings. The summed E-state index contributed by atoms with van der Waals surface area (Å²) in [4.78, 5) is 5.85. The van der Waals surface area contributed by atoms with Gasteiger partial charge in [-0.15, -0.1) is 21.5 Å². The minimum absolute atomic E-state index is 0.263. The van der Waals surface area contributed by atoms with Gasteiger partial charge in [0.2, 0.25) is 0 Å². The predicted molar refractivity (Wildman–Crippen MR) is 145 cm³/mol. The van der Waals surface area contributed by atoms with Crippen molar-refractivity contribution < 1.29 is 4.74 Å². The third kappa shape index (κ3) is 4.93. The van der Waals surface area contributed by atoms with Gasteiger partial charge in [-0.1, -0.05) is 33.6 Å². The molecule has 5 atom stereocenters. The molecule has 1 N–H and O–H groups in total. The molecule has 6 nitrogen and oxygen atoms in total. The van der Waals surface area contributed by atoms with E-state index in [2.05, 4.69) is 64.8 Å². The molecule has 1 saturated carbocycles. The molecule has 0 aromatic carbocycles. The second kappa shape index (κ2) is 10.5. The lowest BCUT2D eigenvalue weighted by Crippen LogP contribution is -2.45. The first-order valence-corrected chi connectivity index (χ1v) is 15.5. The Balaban J connectivity index is 1.11. The van der Waals surface area contributed by atoms with E-state index in [0.29, 0.717) is 36.2 Å². The van der Waals surface area contributed by atoms with Crippen molar-refractivity contribution in [1.82, 2.24) is 25.0 Å². The number of aryl methyl sites for hydroxylation is 2. The van der Waals surface area contributed by atoms with Crippen molar-refractivity contribution in [3.8, 4) is 0 Å². The first kappa shape index (κ1) is 25.0. The van der Waals surface area contributed by atoms with Crippen LogP contribution in [0.3, 0.4) is 0 Å². The van der Waals surface area contributed by atoms with Gasteiger partial charge in [0.25, 0.3) is 0 Å². The molecule has 198 valence electrons. The van der Waals surface area contributed by atoms with E-state index in [0.717, 1.165) is 18.2 Å². The molecule has 4 fully saturated rings. The molecule has 2 aromatic rings. The van der Waals surface area contributed by atoms with Gasteiger partial charge < -0.3 is 9.30 Å². The molecule has 4 unspecified atom stereocenters. The largest absolute Gasteiger partial charge is 0.353 e. The molecular formula is C29H45N5OS. The summed E-state index contributed by atoms with van der Waals surface area (Å²) in [7, 11) is 0. The number of nitrogens with zero attached hydrogens (tertiary/aromatic N) is 4. The number of ether oxygens (including phenoxy) is 1. The topological polar surface area (TPSA) is 58.5 Å². The Kier molecular flexibility index (Phi) is 7.28. The molecule has 7 heteroatoms. The number of hydrogen-bond donors (Lipinski definition) is 1. The third-order valence-corrected chi connectivity index (χ3v) is 10.8. The summed E-state index contributed by atoms with van der Waals surface area (Å²) in [6.45, 7) is 10.1. The second-order valence-corrected chi connectivity index (χ2v) is 13.3. The average molecular weight is 512 g/mol. The Morgan fingerprint density at radius 2 is 1.81 bits per heavy atom. The molecule has 0 spiro atoms. The number of piperidine rings is 1. The SMILES string of the molecule is CCc1ccc([C@H](CCN2C3CCC2CC(n2c(C)nnc2C(C)C)C3)NC2OC2C2CCCC2)s1. The molecule has 0 radical (unpaired) electrons. The Labute approximate surface area is 221 Å². The van der Waals surface area contributed by atoms with Crippen LogP contribution >= 0.6 is 11.3 Å². The zero-order valence-electron chi connectivity index (χ0n) is 22.7. The lowest BCUT2D eigenvalue weighted by Gasteiger charge is -2.40. The van der Waals surface area contributed by atoms with Crippen LogP contribution in [0.15, 0.2) is 12.1 Å². The highest BCUT2D eigenvalue weighted by Gasteiger charge is 2.47. The smallest absolute Gasteiger partial charge is 0.136 e. The van der Waals surface area contributed by atoms with Gasteiger partial charge >= 0.3 is 0 Å². The normalized spacial score (nSPS) is 31.5. The number of fused-ring (bicyclic) bond motifs is 2. The summed E-state index contributed by atoms with van der Waals surface area (Å²) in [6, 6.07) is 7.04. The van der Waals surface area contributed by atoms with Crippen molar-refractivity contribution in [2.75, 3.05) is 6.54 Å². The number of epoxide rings is 1. The van der Waals surface area contributed by atoms with E-state index in [1.165, 1.54) is 79.9 Å². The minimum Gasteiger partial charge on any atom is -0.353 e. The molecule has 3 saturated heterocycles. The summed E-state index contributed by atoms with van der Waals surface area (Å²) < 4.78 is 8.67. The zero-order chi connectivity index (χ0) is 24.8. The van der Waals surface area contributed by atoms with Crippen LogP contribution in [0.2, 0.25) is 0 Å². The molecule has 5 heterocycles. The van der Waals surface area contributed by atoms with E-state index >= 15 is 0 Å². The fraction of sp³-hybridized carbons (Fsp3) is 0.793. The Morgan fingerprint density at radius 3 is 2.47 bits per heavy atom. The van der Waals surface area contributed by atoms with Gasteiger partial charge in [-0.2, -0.15) is 0 Å². The van der Waals surface area contributed by atoms with Crippen LogP contribution < -0.4 is 5.32 Å². The molecule has 1 aliphatic carbocycles. The fourth-order valence-corrected chi connectivity index (χ4v) is 8.56. The molecular weight excluding hydrogens is 466 g/mol. The summed E-state index contributed by atoms with van der Waals surface area (Å²) in [5.74, 6) is 3.46. The van der Waals surface area contributed by atoms with Gasteiger partial charge in [-0.05, 0) is 76.3 Å². The lowest BCUT2D eigenvalue weighted by atomic mass is 9.95. The van der Waals surface area contributed by atoms with Gasteiger partial charge in [-0.25, -0.2) is 0 Å². The fourth-order valence-electron chi connectivity index (χ4n) is 7.51. The van der Waals surface area contributed by atoms with Gasteiger partial charge in [0.1, 0.15) is 24.0 Å². The van der Waals surface area contributed by atoms with Crippen molar-refractivity contribution in [2.45, 2.75) is 134 Å². The van der Waals surface area contributed by atoms with E-state index in [1.807, 2.05) is 11.3 Å². The van der Waals surface area contributed by atoms with Crippen molar-refractivity contribution in [1.29, 1.82) is 0 Å². The van der Waals surface area contributed by atoms with Crippen LogP contribution in [0.25, 0.3) is 0 Å². The van der Waals surface area contributed by atoms with Crippen LogP contribution in [-0.2, 0) is 11.2 Å². The summed E-state index contributed by atoms with van der Waals surface area (Å²) >= 11 is 2.00. The first-order valence-electron chi connectivity index (χ1n) is 14.7. The van der Waals surface area contributed by atoms with E-state index in [9.17, 15) is 0 Å². The number of thiophene rings is 1.